The summed E-state index contributed by atoms with van der Waals surface area (Å²) in [5.74, 6) is 2.78. The lowest BCUT2D eigenvalue weighted by Gasteiger charge is -2.45. The van der Waals surface area contributed by atoms with Crippen LogP contribution in [0, 0.1) is 11.8 Å². The smallest absolute Gasteiger partial charge is 0.222 e. The zero-order valence-corrected chi connectivity index (χ0v) is 14.9. The Labute approximate surface area is 140 Å². The number of thioether (sulfide) groups is 1. The van der Waals surface area contributed by atoms with Crippen molar-refractivity contribution in [2.24, 2.45) is 11.8 Å². The molecule has 0 aromatic rings. The molecule has 3 nitrogen and oxygen atoms in total. The highest BCUT2D eigenvalue weighted by Gasteiger charge is 2.39. The Hall–Kier alpha value is -0.220. The number of nitrogens with zero attached hydrogens (tertiary/aromatic N) is 1. The van der Waals surface area contributed by atoms with Gasteiger partial charge in [0.25, 0.3) is 0 Å². The summed E-state index contributed by atoms with van der Waals surface area (Å²) in [5, 5.41) is 3.49. The average molecular weight is 325 g/mol. The number of piperidine rings is 1. The molecular weight excluding hydrogens is 292 g/mol. The molecule has 1 N–H and O–H groups in total. The highest BCUT2D eigenvalue weighted by atomic mass is 32.2. The number of carbonyl (C=O) groups excluding carboxylic acids is 1. The van der Waals surface area contributed by atoms with Gasteiger partial charge < -0.3 is 10.2 Å². The van der Waals surface area contributed by atoms with Crippen LogP contribution in [-0.4, -0.2) is 47.5 Å². The number of hydrogen-bond donors (Lipinski definition) is 1. The van der Waals surface area contributed by atoms with E-state index in [-0.39, 0.29) is 0 Å². The van der Waals surface area contributed by atoms with Gasteiger partial charge in [0, 0.05) is 30.0 Å². The number of hydrogen-bond acceptors (Lipinski definition) is 3. The van der Waals surface area contributed by atoms with Gasteiger partial charge in [-0.2, -0.15) is 11.8 Å². The maximum Gasteiger partial charge on any atom is 0.222 e. The third-order valence-electron chi connectivity index (χ3n) is 6.00. The maximum absolute atomic E-state index is 12.8. The van der Waals surface area contributed by atoms with Crippen molar-refractivity contribution in [2.45, 2.75) is 63.0 Å². The molecule has 0 aromatic carbocycles. The van der Waals surface area contributed by atoms with E-state index in [0.717, 1.165) is 38.4 Å². The topological polar surface area (TPSA) is 32.3 Å². The van der Waals surface area contributed by atoms with Gasteiger partial charge in [-0.15, -0.1) is 0 Å². The van der Waals surface area contributed by atoms with E-state index in [4.69, 9.17) is 0 Å². The molecule has 0 aromatic heterocycles. The van der Waals surface area contributed by atoms with Gasteiger partial charge >= 0.3 is 0 Å². The van der Waals surface area contributed by atoms with E-state index in [9.17, 15) is 4.79 Å². The fourth-order valence-corrected chi connectivity index (χ4v) is 6.06. The van der Waals surface area contributed by atoms with Crippen LogP contribution in [0.2, 0.25) is 0 Å². The van der Waals surface area contributed by atoms with Crippen molar-refractivity contribution in [3.63, 3.8) is 0 Å². The molecule has 2 heterocycles. The van der Waals surface area contributed by atoms with Crippen molar-refractivity contribution in [2.75, 3.05) is 31.9 Å². The predicted molar refractivity (Wildman–Crippen MR) is 94.2 cm³/mol. The fraction of sp³-hybridized carbons (Fsp3) is 0.944. The van der Waals surface area contributed by atoms with Crippen molar-refractivity contribution in [1.82, 2.24) is 10.2 Å². The Morgan fingerprint density at radius 1 is 1.32 bits per heavy atom. The first kappa shape index (κ1) is 16.6. The van der Waals surface area contributed by atoms with Gasteiger partial charge in [0.2, 0.25) is 5.91 Å². The monoisotopic (exact) mass is 324 g/mol. The lowest BCUT2D eigenvalue weighted by molar-refractivity contribution is -0.133. The molecule has 1 spiro atoms. The van der Waals surface area contributed by atoms with Crippen LogP contribution < -0.4 is 5.32 Å². The fourth-order valence-electron chi connectivity index (χ4n) is 4.49. The van der Waals surface area contributed by atoms with E-state index >= 15 is 0 Å². The highest BCUT2D eigenvalue weighted by Crippen LogP contribution is 2.43. The minimum atomic E-state index is 0.405. The standard InChI is InChI=1S/C18H32N2OS/c1-15(16-6-5-9-19-13-16)12-17(21)20-10-11-22-18(14-20)7-3-2-4-8-18/h15-16,19H,2-14H2,1H3. The van der Waals surface area contributed by atoms with E-state index in [2.05, 4.69) is 28.9 Å². The van der Waals surface area contributed by atoms with Gasteiger partial charge in [-0.1, -0.05) is 26.2 Å². The van der Waals surface area contributed by atoms with Crippen LogP contribution in [0.4, 0.5) is 0 Å². The van der Waals surface area contributed by atoms with Crippen molar-refractivity contribution < 1.29 is 4.79 Å². The van der Waals surface area contributed by atoms with Crippen LogP contribution in [0.5, 0.6) is 0 Å². The van der Waals surface area contributed by atoms with Crippen molar-refractivity contribution in [3.8, 4) is 0 Å². The lowest BCUT2D eigenvalue weighted by atomic mass is 9.84. The van der Waals surface area contributed by atoms with E-state index < -0.39 is 0 Å². The summed E-state index contributed by atoms with van der Waals surface area (Å²) in [5.41, 5.74) is 0. The summed E-state index contributed by atoms with van der Waals surface area (Å²) in [6.45, 7) is 6.54. The summed E-state index contributed by atoms with van der Waals surface area (Å²) < 4.78 is 0.405. The molecule has 1 saturated carbocycles. The Morgan fingerprint density at radius 2 is 2.14 bits per heavy atom. The summed E-state index contributed by atoms with van der Waals surface area (Å²) in [4.78, 5) is 15.0. The second-order valence-electron chi connectivity index (χ2n) is 7.70. The van der Waals surface area contributed by atoms with E-state index in [1.165, 1.54) is 44.9 Å². The first-order valence-corrected chi connectivity index (χ1v) is 10.3. The van der Waals surface area contributed by atoms with Gasteiger partial charge in [-0.25, -0.2) is 0 Å². The molecule has 3 aliphatic rings. The largest absolute Gasteiger partial charge is 0.340 e. The van der Waals surface area contributed by atoms with Gasteiger partial charge in [-0.05, 0) is 50.6 Å². The molecule has 2 unspecified atom stereocenters. The Balaban J connectivity index is 1.52. The molecule has 2 saturated heterocycles. The molecule has 22 heavy (non-hydrogen) atoms. The first-order chi connectivity index (χ1) is 10.7. The summed E-state index contributed by atoms with van der Waals surface area (Å²) in [6, 6.07) is 0. The molecule has 126 valence electrons. The third kappa shape index (κ3) is 4.00. The van der Waals surface area contributed by atoms with Gasteiger partial charge in [0.05, 0.1) is 0 Å². The van der Waals surface area contributed by atoms with Crippen LogP contribution in [0.15, 0.2) is 0 Å². The molecule has 1 amide bonds. The summed E-state index contributed by atoms with van der Waals surface area (Å²) >= 11 is 2.15. The number of carbonyl (C=O) groups is 1. The third-order valence-corrected chi connectivity index (χ3v) is 7.54. The van der Waals surface area contributed by atoms with Gasteiger partial charge in [0.1, 0.15) is 0 Å². The lowest BCUT2D eigenvalue weighted by Crippen LogP contribution is -2.50. The highest BCUT2D eigenvalue weighted by molar-refractivity contribution is 8.00. The average Bonchev–Trinajstić information content (AvgIpc) is 2.56. The molecule has 2 atom stereocenters. The quantitative estimate of drug-likeness (QED) is 0.864. The van der Waals surface area contributed by atoms with E-state index in [1.54, 1.807) is 0 Å². The van der Waals surface area contributed by atoms with Crippen LogP contribution in [0.1, 0.15) is 58.3 Å². The maximum atomic E-state index is 12.8. The van der Waals surface area contributed by atoms with Crippen molar-refractivity contribution >= 4 is 17.7 Å². The molecule has 3 rings (SSSR count). The van der Waals surface area contributed by atoms with Gasteiger partial charge in [0.15, 0.2) is 0 Å². The van der Waals surface area contributed by atoms with Crippen LogP contribution in [0.25, 0.3) is 0 Å². The Morgan fingerprint density at radius 3 is 2.86 bits per heavy atom. The van der Waals surface area contributed by atoms with Crippen LogP contribution in [-0.2, 0) is 4.79 Å². The molecule has 0 radical (unpaired) electrons. The zero-order chi connectivity index (χ0) is 15.4. The second-order valence-corrected chi connectivity index (χ2v) is 9.26. The van der Waals surface area contributed by atoms with E-state index in [0.29, 0.717) is 22.5 Å². The molecule has 0 bridgehead atoms. The first-order valence-electron chi connectivity index (χ1n) is 9.31. The Bertz CT molecular complexity index is 370. The van der Waals surface area contributed by atoms with E-state index in [1.807, 2.05) is 0 Å². The Kier molecular flexibility index (Phi) is 5.72. The minimum absolute atomic E-state index is 0.405. The number of rotatable bonds is 3. The predicted octanol–water partition coefficient (Wildman–Crippen LogP) is 3.29. The molecule has 1 aliphatic carbocycles. The van der Waals surface area contributed by atoms with Crippen molar-refractivity contribution in [3.05, 3.63) is 0 Å². The molecule has 3 fully saturated rings. The number of nitrogens with one attached hydrogen (secondary N) is 1. The van der Waals surface area contributed by atoms with Crippen LogP contribution >= 0.6 is 11.8 Å². The van der Waals surface area contributed by atoms with Crippen LogP contribution in [0.3, 0.4) is 0 Å². The zero-order valence-electron chi connectivity index (χ0n) is 14.1. The second kappa shape index (κ2) is 7.57. The molecular formula is C18H32N2OS. The number of amides is 1. The van der Waals surface area contributed by atoms with Crippen molar-refractivity contribution in [1.29, 1.82) is 0 Å². The molecule has 4 heteroatoms. The minimum Gasteiger partial charge on any atom is -0.340 e. The van der Waals surface area contributed by atoms with Gasteiger partial charge in [-0.3, -0.25) is 4.79 Å². The SMILES string of the molecule is CC(CC(=O)N1CCSC2(CCCCC2)C1)C1CCCNC1. The summed E-state index contributed by atoms with van der Waals surface area (Å²) in [6.07, 6.45) is 10.1. The summed E-state index contributed by atoms with van der Waals surface area (Å²) in [7, 11) is 0. The molecule has 2 aliphatic heterocycles. The normalized spacial score (nSPS) is 30.2.